The molecule has 2 aliphatic heterocycles. The summed E-state index contributed by atoms with van der Waals surface area (Å²) in [5, 5.41) is 45.0. The number of amides is 8. The van der Waals surface area contributed by atoms with Crippen molar-refractivity contribution in [1.29, 1.82) is 0 Å². The van der Waals surface area contributed by atoms with Crippen LogP contribution in [0.15, 0.2) is 78.9 Å². The van der Waals surface area contributed by atoms with E-state index in [2.05, 4.69) is 26.6 Å². The van der Waals surface area contributed by atoms with Crippen LogP contribution in [-0.4, -0.2) is 140 Å². The SMILES string of the molecule is CCCCCC(=O)N[C@@H](CCC(N)=O)C(=O)N[C@@H]1C(=O)N[C@@H](CCc2ccc(O)cc2)C(=O)N[C@H]2CC[C@@H](O)N(C2=O)[C@@H](Cc2ccccc2)C(=O)N(C)[C@@H](Cc2ccc(O)cc2)C(=O)N[C@@H](C(C)C)C(=O)O[C@@H]1C. The van der Waals surface area contributed by atoms with Crippen molar-refractivity contribution >= 4 is 53.2 Å². The van der Waals surface area contributed by atoms with Crippen LogP contribution in [0.3, 0.4) is 0 Å². The highest BCUT2D eigenvalue weighted by Gasteiger charge is 2.46. The Morgan fingerprint density at radius 3 is 1.99 bits per heavy atom. The van der Waals surface area contributed by atoms with Gasteiger partial charge in [-0.15, -0.1) is 0 Å². The number of aliphatic hydroxyl groups is 1. The van der Waals surface area contributed by atoms with Crippen LogP contribution >= 0.6 is 0 Å². The Balaban J connectivity index is 1.63. The maximum atomic E-state index is 15.1. The molecule has 21 heteroatoms. The van der Waals surface area contributed by atoms with Gasteiger partial charge in [0.1, 0.15) is 66.1 Å². The number of esters is 1. The van der Waals surface area contributed by atoms with Gasteiger partial charge in [-0.1, -0.05) is 88.2 Å². The normalized spacial score (nSPS) is 23.6. The molecule has 2 saturated heterocycles. The lowest BCUT2D eigenvalue weighted by atomic mass is 9.95. The third-order valence-electron chi connectivity index (χ3n) is 13.5. The highest BCUT2D eigenvalue weighted by molar-refractivity contribution is 5.98. The Hall–Kier alpha value is -7.55. The van der Waals surface area contributed by atoms with Crippen LogP contribution in [0.1, 0.15) is 102 Å². The molecular weight excluding hydrogens is 969 g/mol. The minimum absolute atomic E-state index is 0.0185. The molecular formula is C54H72N8O13. The van der Waals surface area contributed by atoms with Gasteiger partial charge in [0.05, 0.1) is 0 Å². The molecule has 3 aromatic carbocycles. The summed E-state index contributed by atoms with van der Waals surface area (Å²) in [5.41, 5.74) is 7.17. The van der Waals surface area contributed by atoms with Crippen LogP contribution in [-0.2, 0) is 67.2 Å². The number of nitrogens with two attached hydrogens (primary N) is 1. The third kappa shape index (κ3) is 16.7. The fourth-order valence-corrected chi connectivity index (χ4v) is 9.05. The molecule has 0 saturated carbocycles. The average molecular weight is 1040 g/mol. The quantitative estimate of drug-likeness (QED) is 0.0646. The maximum absolute atomic E-state index is 15.1. The molecule has 10 N–H and O–H groups in total. The van der Waals surface area contributed by atoms with Gasteiger partial charge in [-0.25, -0.2) is 4.79 Å². The van der Waals surface area contributed by atoms with Gasteiger partial charge in [-0.2, -0.15) is 0 Å². The molecule has 0 radical (unpaired) electrons. The molecule has 0 unspecified atom stereocenters. The molecule has 75 heavy (non-hydrogen) atoms. The number of unbranched alkanes of at least 4 members (excludes halogenated alkanes) is 2. The molecule has 0 aromatic heterocycles. The van der Waals surface area contributed by atoms with Crippen molar-refractivity contribution in [3.05, 3.63) is 95.6 Å². The van der Waals surface area contributed by atoms with E-state index in [1.165, 1.54) is 38.2 Å². The van der Waals surface area contributed by atoms with E-state index in [-0.39, 0.29) is 69.3 Å². The number of aliphatic hydroxyl groups excluding tert-OH is 1. The van der Waals surface area contributed by atoms with Crippen LogP contribution in [0.5, 0.6) is 11.5 Å². The van der Waals surface area contributed by atoms with Gasteiger partial charge in [-0.05, 0) is 92.3 Å². The number of aromatic hydroxyl groups is 2. The molecule has 5 rings (SSSR count). The Kier molecular flexibility index (Phi) is 21.5. The average Bonchev–Trinajstić information content (AvgIpc) is 3.37. The molecule has 0 aliphatic carbocycles. The van der Waals surface area contributed by atoms with Gasteiger partial charge < -0.3 is 62.2 Å². The van der Waals surface area contributed by atoms with E-state index in [4.69, 9.17) is 10.5 Å². The number of phenols is 2. The summed E-state index contributed by atoms with van der Waals surface area (Å²) in [7, 11) is 1.35. The van der Waals surface area contributed by atoms with Gasteiger partial charge >= 0.3 is 5.97 Å². The standard InChI is InChI=1S/C54H72N8O13/c1-6-7-9-14-44(66)56-38(25-27-43(55)65)49(69)60-47-32(4)75-54(74)46(31(2)3)59-50(70)41(29-35-17-22-37(64)23-18-35)61(5)53(73)42(30-34-12-10-8-11-13-34)62-45(67)28-26-40(52(62)72)58-48(68)39(57-51(47)71)24-19-33-15-20-36(63)21-16-33/h8,10-13,15-18,20-23,31-32,38-42,45-47,63-64,67H,6-7,9,14,19,24-30H2,1-5H3,(H2,55,65)(H,56,66)(H,57,71)(H,58,68)(H,59,70)(H,60,69)/t32-,38+,39+,40+,41+,42+,45-,46+,47+/m1/s1. The fourth-order valence-electron chi connectivity index (χ4n) is 9.05. The molecule has 2 bridgehead atoms. The summed E-state index contributed by atoms with van der Waals surface area (Å²) >= 11 is 0. The minimum atomic E-state index is -1.81. The number of rotatable bonds is 18. The Bertz CT molecular complexity index is 2470. The lowest BCUT2D eigenvalue weighted by Crippen LogP contribution is -2.65. The number of phenolic OH excluding ortho intramolecular Hbond substituents is 2. The number of hydrogen-bond donors (Lipinski definition) is 9. The Morgan fingerprint density at radius 1 is 0.760 bits per heavy atom. The smallest absolute Gasteiger partial charge is 0.329 e. The predicted octanol–water partition coefficient (Wildman–Crippen LogP) is 1.52. The molecule has 2 heterocycles. The minimum Gasteiger partial charge on any atom is -0.508 e. The van der Waals surface area contributed by atoms with E-state index < -0.39 is 114 Å². The van der Waals surface area contributed by atoms with E-state index in [1.54, 1.807) is 68.4 Å². The zero-order chi connectivity index (χ0) is 54.9. The number of benzene rings is 3. The number of primary amides is 1. The van der Waals surface area contributed by atoms with Crippen molar-refractivity contribution in [3.63, 3.8) is 0 Å². The number of nitrogens with one attached hydrogen (secondary N) is 5. The highest BCUT2D eigenvalue weighted by atomic mass is 16.5. The molecule has 3 aromatic rings. The lowest BCUT2D eigenvalue weighted by Gasteiger charge is -2.43. The van der Waals surface area contributed by atoms with E-state index in [1.807, 2.05) is 6.92 Å². The molecule has 9 atom stereocenters. The van der Waals surface area contributed by atoms with Crippen molar-refractivity contribution < 1.29 is 63.2 Å². The number of piperidine rings is 1. The maximum Gasteiger partial charge on any atom is 0.329 e. The second-order valence-corrected chi connectivity index (χ2v) is 19.6. The van der Waals surface area contributed by atoms with Crippen LogP contribution in [0.25, 0.3) is 0 Å². The van der Waals surface area contributed by atoms with Gasteiger partial charge in [0.15, 0.2) is 0 Å². The first-order chi connectivity index (χ1) is 35.7. The van der Waals surface area contributed by atoms with E-state index in [9.17, 15) is 53.7 Å². The highest BCUT2D eigenvalue weighted by Crippen LogP contribution is 2.26. The fraction of sp³-hybridized carbons (Fsp3) is 0.500. The van der Waals surface area contributed by atoms with Crippen LogP contribution in [0, 0.1) is 5.92 Å². The molecule has 2 fully saturated rings. The molecule has 406 valence electrons. The predicted molar refractivity (Wildman–Crippen MR) is 273 cm³/mol. The largest absolute Gasteiger partial charge is 0.508 e. The zero-order valence-corrected chi connectivity index (χ0v) is 43.2. The van der Waals surface area contributed by atoms with Crippen molar-refractivity contribution in [3.8, 4) is 11.5 Å². The first-order valence-corrected chi connectivity index (χ1v) is 25.5. The molecule has 0 spiro atoms. The number of carbonyl (C=O) groups is 9. The summed E-state index contributed by atoms with van der Waals surface area (Å²) < 4.78 is 5.93. The first kappa shape index (κ1) is 58.3. The topological polar surface area (TPSA) is 316 Å². The number of ether oxygens (including phenoxy) is 1. The van der Waals surface area contributed by atoms with Crippen molar-refractivity contribution in [2.24, 2.45) is 11.7 Å². The summed E-state index contributed by atoms with van der Waals surface area (Å²) in [6.45, 7) is 6.47. The number of nitrogens with zero attached hydrogens (tertiary/aromatic N) is 2. The summed E-state index contributed by atoms with van der Waals surface area (Å²) in [6.07, 6.45) is -2.07. The monoisotopic (exact) mass is 1040 g/mol. The van der Waals surface area contributed by atoms with Crippen molar-refractivity contribution in [2.75, 3.05) is 7.05 Å². The Morgan fingerprint density at radius 2 is 1.37 bits per heavy atom. The lowest BCUT2D eigenvalue weighted by molar-refractivity contribution is -0.165. The van der Waals surface area contributed by atoms with Crippen LogP contribution < -0.4 is 32.3 Å². The van der Waals surface area contributed by atoms with E-state index in [0.29, 0.717) is 23.1 Å². The zero-order valence-electron chi connectivity index (χ0n) is 43.2. The first-order valence-electron chi connectivity index (χ1n) is 25.5. The van der Waals surface area contributed by atoms with E-state index in [0.717, 1.165) is 22.6 Å². The Labute approximate surface area is 436 Å². The van der Waals surface area contributed by atoms with E-state index >= 15 is 4.79 Å². The molecule has 2 aliphatic rings. The number of carbonyl (C=O) groups excluding carboxylic acids is 9. The van der Waals surface area contributed by atoms with Crippen molar-refractivity contribution in [1.82, 2.24) is 36.4 Å². The third-order valence-corrected chi connectivity index (χ3v) is 13.5. The number of likely N-dealkylation sites (N-methyl/N-ethyl adjacent to an activating group) is 1. The van der Waals surface area contributed by atoms with Gasteiger partial charge in [0.2, 0.25) is 47.3 Å². The summed E-state index contributed by atoms with van der Waals surface area (Å²) in [4.78, 5) is 130. The van der Waals surface area contributed by atoms with Crippen LogP contribution in [0.2, 0.25) is 0 Å². The van der Waals surface area contributed by atoms with Gasteiger partial charge in [0, 0.05) is 32.7 Å². The summed E-state index contributed by atoms with van der Waals surface area (Å²) in [6, 6.07) is 10.3. The van der Waals surface area contributed by atoms with Crippen LogP contribution in [0.4, 0.5) is 0 Å². The van der Waals surface area contributed by atoms with Gasteiger partial charge in [-0.3, -0.25) is 38.4 Å². The summed E-state index contributed by atoms with van der Waals surface area (Å²) in [5.74, 6) is -8.41. The second kappa shape index (κ2) is 27.7. The number of aryl methyl sites for hydroxylation is 1. The molecule has 8 amide bonds. The molecule has 21 nitrogen and oxygen atoms in total. The van der Waals surface area contributed by atoms with Crippen molar-refractivity contribution in [2.45, 2.75) is 159 Å². The van der Waals surface area contributed by atoms with Gasteiger partial charge in [0.25, 0.3) is 0 Å². The second-order valence-electron chi connectivity index (χ2n) is 19.6. The number of hydrogen-bond acceptors (Lipinski definition) is 13. The number of fused-ring (bicyclic) bond motifs is 2. The number of cyclic esters (lactones) is 1.